The molecular formula is C70H55BN4. The average Bonchev–Trinajstić information content (AvgIpc) is 3.50. The van der Waals surface area contributed by atoms with Gasteiger partial charge in [-0.1, -0.05) is 224 Å². The van der Waals surface area contributed by atoms with Gasteiger partial charge in [-0.05, 0) is 113 Å². The van der Waals surface area contributed by atoms with Crippen LogP contribution in [0.2, 0.25) is 0 Å². The highest BCUT2D eigenvalue weighted by Gasteiger charge is 2.45. The molecule has 0 unspecified atom stereocenters. The van der Waals surface area contributed by atoms with Crippen LogP contribution in [0.1, 0.15) is 52.7 Å². The second-order valence-corrected chi connectivity index (χ2v) is 22.6. The lowest BCUT2D eigenvalue weighted by Gasteiger charge is -2.45. The van der Waals surface area contributed by atoms with Crippen molar-refractivity contribution in [3.63, 3.8) is 0 Å². The first-order valence-corrected chi connectivity index (χ1v) is 26.3. The molecular weight excluding hydrogens is 908 g/mol. The van der Waals surface area contributed by atoms with E-state index in [1.807, 2.05) is 0 Å². The van der Waals surface area contributed by atoms with Crippen molar-refractivity contribution < 1.29 is 0 Å². The van der Waals surface area contributed by atoms with Gasteiger partial charge in [0.1, 0.15) is 0 Å². The van der Waals surface area contributed by atoms with Crippen LogP contribution in [0.15, 0.2) is 224 Å². The molecule has 358 valence electrons. The van der Waals surface area contributed by atoms with Crippen molar-refractivity contribution in [2.45, 2.75) is 52.4 Å². The van der Waals surface area contributed by atoms with Crippen molar-refractivity contribution in [2.24, 2.45) is 0 Å². The summed E-state index contributed by atoms with van der Waals surface area (Å²) in [6.07, 6.45) is 0. The minimum Gasteiger partial charge on any atom is -0.311 e. The third-order valence-electron chi connectivity index (χ3n) is 15.9. The fourth-order valence-electron chi connectivity index (χ4n) is 12.1. The van der Waals surface area contributed by atoms with Gasteiger partial charge in [0.2, 0.25) is 0 Å². The summed E-state index contributed by atoms with van der Waals surface area (Å²) in [4.78, 5) is 16.2. The van der Waals surface area contributed by atoms with Gasteiger partial charge in [-0.2, -0.15) is 0 Å². The summed E-state index contributed by atoms with van der Waals surface area (Å²) >= 11 is 0. The average molecular weight is 963 g/mol. The van der Waals surface area contributed by atoms with E-state index in [2.05, 4.69) is 276 Å². The Morgan fingerprint density at radius 3 is 1.17 bits per heavy atom. The highest BCUT2D eigenvalue weighted by atomic mass is 15.2. The molecule has 1 aromatic heterocycles. The first-order valence-electron chi connectivity index (χ1n) is 26.3. The minimum atomic E-state index is -0.118. The molecule has 0 fully saturated rings. The van der Waals surface area contributed by atoms with Crippen molar-refractivity contribution in [2.75, 3.05) is 9.80 Å². The van der Waals surface area contributed by atoms with Crippen LogP contribution in [0.5, 0.6) is 0 Å². The Kier molecular flexibility index (Phi) is 10.1. The fourth-order valence-corrected chi connectivity index (χ4v) is 12.1. The summed E-state index contributed by atoms with van der Waals surface area (Å²) in [5.41, 5.74) is 17.9. The molecule has 75 heavy (non-hydrogen) atoms. The van der Waals surface area contributed by atoms with Crippen molar-refractivity contribution >= 4 is 100 Å². The third-order valence-corrected chi connectivity index (χ3v) is 15.9. The van der Waals surface area contributed by atoms with Gasteiger partial charge in [-0.15, -0.1) is 0 Å². The summed E-state index contributed by atoms with van der Waals surface area (Å²) in [6.45, 7) is 13.6. The van der Waals surface area contributed by atoms with E-state index in [1.165, 1.54) is 82.0 Å². The van der Waals surface area contributed by atoms with Crippen molar-refractivity contribution in [3.05, 3.63) is 236 Å². The smallest absolute Gasteiger partial charge is 0.252 e. The monoisotopic (exact) mass is 962 g/mol. The Morgan fingerprint density at radius 2 is 0.747 bits per heavy atom. The van der Waals surface area contributed by atoms with Gasteiger partial charge in [0.15, 0.2) is 5.82 Å². The van der Waals surface area contributed by atoms with E-state index in [-0.39, 0.29) is 17.5 Å². The summed E-state index contributed by atoms with van der Waals surface area (Å²) in [7, 11) is 0. The summed E-state index contributed by atoms with van der Waals surface area (Å²) in [5, 5.41) is 9.83. The topological polar surface area (TPSA) is 32.3 Å². The predicted octanol–water partition coefficient (Wildman–Crippen LogP) is 16.8. The van der Waals surface area contributed by atoms with Crippen LogP contribution >= 0.6 is 0 Å². The molecule has 2 aliphatic rings. The van der Waals surface area contributed by atoms with Crippen LogP contribution in [0.25, 0.3) is 77.0 Å². The summed E-state index contributed by atoms with van der Waals surface area (Å²) < 4.78 is 0. The van der Waals surface area contributed by atoms with Gasteiger partial charge < -0.3 is 9.80 Å². The standard InChI is InChI=1S/C70H55BN4/c1-69(2,3)49-27-31-51(32-28-49)74-63-41-48(68-72-61(46-19-9-7-10-20-46)43-62(73-68)47-21-11-8-12-22-47)42-64-65(63)71(59-39-37-55-53-23-15-13-17-44(53)25-35-57(55)66(59)74)60-40-38-56-54-24-16-14-18-45(54)26-36-58(56)67(60)75(64)52-33-29-50(30-34-52)70(4,5)6/h7-43H,1-6H3. The Hall–Kier alpha value is -8.80. The molecule has 4 nitrogen and oxygen atoms in total. The summed E-state index contributed by atoms with van der Waals surface area (Å²) in [6, 6.07) is 83.2. The highest BCUT2D eigenvalue weighted by Crippen LogP contribution is 2.50. The molecule has 0 bridgehead atoms. The molecule has 12 aromatic rings. The number of benzene rings is 11. The van der Waals surface area contributed by atoms with Gasteiger partial charge in [0, 0.05) is 61.6 Å². The van der Waals surface area contributed by atoms with Gasteiger partial charge in [-0.25, -0.2) is 9.97 Å². The van der Waals surface area contributed by atoms with Crippen molar-refractivity contribution in [1.82, 2.24) is 9.97 Å². The van der Waals surface area contributed by atoms with Crippen molar-refractivity contribution in [3.8, 4) is 33.9 Å². The second-order valence-electron chi connectivity index (χ2n) is 22.6. The SMILES string of the molecule is CC(C)(C)c1ccc(N2c3cc(-c4nc(-c5ccccc5)cc(-c5ccccc5)n4)cc4c3B(c3ccc5c(ccc6ccccc65)c32)c2ccc3c(ccc5ccccc53)c2N4c2ccc(C(C)(C)C)cc2)cc1. The van der Waals surface area contributed by atoms with Crippen LogP contribution in [-0.4, -0.2) is 16.7 Å². The number of fused-ring (bicyclic) bond motifs is 12. The number of nitrogens with zero attached hydrogens (tertiary/aromatic N) is 4. The lowest BCUT2D eigenvalue weighted by molar-refractivity contribution is 0.590. The van der Waals surface area contributed by atoms with Crippen LogP contribution in [0, 0.1) is 0 Å². The van der Waals surface area contributed by atoms with Crippen LogP contribution in [-0.2, 0) is 10.8 Å². The largest absolute Gasteiger partial charge is 0.311 e. The minimum absolute atomic E-state index is 0.0213. The molecule has 0 radical (unpaired) electrons. The zero-order chi connectivity index (χ0) is 50.7. The van der Waals surface area contributed by atoms with E-state index in [9.17, 15) is 0 Å². The lowest BCUT2D eigenvalue weighted by atomic mass is 9.33. The quantitative estimate of drug-likeness (QED) is 0.127. The Bertz CT molecular complexity index is 3980. The number of hydrogen-bond acceptors (Lipinski definition) is 4. The molecule has 0 amide bonds. The zero-order valence-electron chi connectivity index (χ0n) is 43.2. The van der Waals surface area contributed by atoms with Gasteiger partial charge in [-0.3, -0.25) is 0 Å². The predicted molar refractivity (Wildman–Crippen MR) is 320 cm³/mol. The van der Waals surface area contributed by atoms with E-state index in [0.717, 1.165) is 50.8 Å². The van der Waals surface area contributed by atoms with Crippen molar-refractivity contribution in [1.29, 1.82) is 0 Å². The molecule has 2 aliphatic heterocycles. The van der Waals surface area contributed by atoms with E-state index in [0.29, 0.717) is 5.82 Å². The number of aromatic nitrogens is 2. The van der Waals surface area contributed by atoms with Gasteiger partial charge >= 0.3 is 0 Å². The molecule has 0 aliphatic carbocycles. The van der Waals surface area contributed by atoms with Crippen LogP contribution in [0.4, 0.5) is 34.1 Å². The first-order chi connectivity index (χ1) is 36.5. The van der Waals surface area contributed by atoms with E-state index < -0.39 is 0 Å². The number of hydrogen-bond donors (Lipinski definition) is 0. The summed E-state index contributed by atoms with van der Waals surface area (Å²) in [5.74, 6) is 0.668. The van der Waals surface area contributed by atoms with Crippen LogP contribution < -0.4 is 26.2 Å². The Labute approximate surface area is 439 Å². The van der Waals surface area contributed by atoms with E-state index in [4.69, 9.17) is 9.97 Å². The maximum atomic E-state index is 5.54. The normalized spacial score (nSPS) is 13.1. The van der Waals surface area contributed by atoms with Gasteiger partial charge in [0.25, 0.3) is 6.71 Å². The molecule has 0 saturated carbocycles. The third kappa shape index (κ3) is 7.28. The highest BCUT2D eigenvalue weighted by molar-refractivity contribution is 7.00. The molecule has 5 heteroatoms. The first kappa shape index (κ1) is 44.9. The molecule has 3 heterocycles. The molecule has 0 atom stereocenters. The maximum absolute atomic E-state index is 5.54. The number of anilines is 6. The van der Waals surface area contributed by atoms with Gasteiger partial charge in [0.05, 0.1) is 11.4 Å². The van der Waals surface area contributed by atoms with Crippen LogP contribution in [0.3, 0.4) is 0 Å². The molecule has 11 aromatic carbocycles. The molecule has 0 N–H and O–H groups in total. The lowest BCUT2D eigenvalue weighted by Crippen LogP contribution is -2.61. The Morgan fingerprint density at radius 1 is 0.347 bits per heavy atom. The maximum Gasteiger partial charge on any atom is 0.252 e. The van der Waals surface area contributed by atoms with E-state index >= 15 is 0 Å². The molecule has 0 spiro atoms. The molecule has 14 rings (SSSR count). The Balaban J connectivity index is 1.15. The zero-order valence-corrected chi connectivity index (χ0v) is 43.2. The second kappa shape index (κ2) is 16.9. The molecule has 0 saturated heterocycles. The van der Waals surface area contributed by atoms with E-state index in [1.54, 1.807) is 0 Å². The number of rotatable bonds is 5. The fraction of sp³-hybridized carbons (Fsp3) is 0.114.